The second-order valence-corrected chi connectivity index (χ2v) is 5.87. The van der Waals surface area contributed by atoms with E-state index >= 15 is 0 Å². The fraction of sp³-hybridized carbons (Fsp3) is 0.400. The van der Waals surface area contributed by atoms with Crippen LogP contribution in [0.5, 0.6) is 0 Å². The van der Waals surface area contributed by atoms with Crippen molar-refractivity contribution in [3.63, 3.8) is 0 Å². The minimum atomic E-state index is 1.00. The van der Waals surface area contributed by atoms with Gasteiger partial charge in [-0.05, 0) is 50.3 Å². The van der Waals surface area contributed by atoms with E-state index in [-0.39, 0.29) is 0 Å². The van der Waals surface area contributed by atoms with Crippen molar-refractivity contribution in [1.82, 2.24) is 4.98 Å². The quantitative estimate of drug-likeness (QED) is 0.902. The van der Waals surface area contributed by atoms with Crippen molar-refractivity contribution >= 4 is 16.5 Å². The van der Waals surface area contributed by atoms with Crippen LogP contribution in [0.2, 0.25) is 0 Å². The molecule has 1 N–H and O–H groups in total. The van der Waals surface area contributed by atoms with E-state index in [4.69, 9.17) is 0 Å². The number of benzene rings is 1. The molecule has 2 aromatic rings. The van der Waals surface area contributed by atoms with Gasteiger partial charge in [0.25, 0.3) is 0 Å². The lowest BCUT2D eigenvalue weighted by molar-refractivity contribution is 0.949. The Kier molecular flexibility index (Phi) is 4.02. The van der Waals surface area contributed by atoms with E-state index in [0.717, 1.165) is 18.0 Å². The van der Waals surface area contributed by atoms with Gasteiger partial charge in [-0.25, -0.2) is 4.98 Å². The summed E-state index contributed by atoms with van der Waals surface area (Å²) in [5.74, 6) is 0. The third kappa shape index (κ3) is 2.91. The number of anilines is 1. The molecule has 0 aliphatic rings. The van der Waals surface area contributed by atoms with E-state index in [2.05, 4.69) is 43.2 Å². The van der Waals surface area contributed by atoms with Crippen LogP contribution in [0.4, 0.5) is 5.13 Å². The zero-order valence-corrected chi connectivity index (χ0v) is 12.3. The predicted octanol–water partition coefficient (Wildman–Crippen LogP) is 3.90. The Balaban J connectivity index is 2.10. The van der Waals surface area contributed by atoms with Crippen LogP contribution >= 0.6 is 11.3 Å². The third-order valence-electron chi connectivity index (χ3n) is 3.23. The monoisotopic (exact) mass is 260 g/mol. The molecule has 2 rings (SSSR count). The summed E-state index contributed by atoms with van der Waals surface area (Å²) < 4.78 is 0. The first-order valence-electron chi connectivity index (χ1n) is 6.29. The van der Waals surface area contributed by atoms with E-state index in [1.165, 1.54) is 27.1 Å². The largest absolute Gasteiger partial charge is 0.365 e. The standard InChI is InChI=1S/C15H20N2S/c1-10-7-11(2)14(12(3)8-10)6-5-13-9-17-15(16-4)18-13/h7-9H,5-6H2,1-4H3,(H,16,17). The minimum absolute atomic E-state index is 1.00. The van der Waals surface area contributed by atoms with E-state index in [1.54, 1.807) is 11.3 Å². The molecule has 0 atom stereocenters. The number of hydrogen-bond donors (Lipinski definition) is 1. The maximum atomic E-state index is 4.31. The van der Waals surface area contributed by atoms with Gasteiger partial charge in [-0.2, -0.15) is 0 Å². The van der Waals surface area contributed by atoms with Crippen molar-refractivity contribution in [2.45, 2.75) is 33.6 Å². The molecule has 0 bridgehead atoms. The van der Waals surface area contributed by atoms with Gasteiger partial charge in [0.2, 0.25) is 0 Å². The fourth-order valence-electron chi connectivity index (χ4n) is 2.39. The van der Waals surface area contributed by atoms with Gasteiger partial charge < -0.3 is 5.32 Å². The highest BCUT2D eigenvalue weighted by molar-refractivity contribution is 7.15. The second-order valence-electron chi connectivity index (χ2n) is 4.76. The second kappa shape index (κ2) is 5.53. The van der Waals surface area contributed by atoms with Crippen molar-refractivity contribution in [2.75, 3.05) is 12.4 Å². The highest BCUT2D eigenvalue weighted by Crippen LogP contribution is 2.22. The van der Waals surface area contributed by atoms with Gasteiger partial charge >= 0.3 is 0 Å². The molecule has 18 heavy (non-hydrogen) atoms. The van der Waals surface area contributed by atoms with Gasteiger partial charge in [0, 0.05) is 18.1 Å². The third-order valence-corrected chi connectivity index (χ3v) is 4.30. The summed E-state index contributed by atoms with van der Waals surface area (Å²) >= 11 is 1.74. The van der Waals surface area contributed by atoms with Crippen LogP contribution < -0.4 is 5.32 Å². The summed E-state index contributed by atoms with van der Waals surface area (Å²) in [4.78, 5) is 5.66. The molecule has 3 heteroatoms. The van der Waals surface area contributed by atoms with E-state index in [0.29, 0.717) is 0 Å². The first-order valence-corrected chi connectivity index (χ1v) is 7.11. The van der Waals surface area contributed by atoms with E-state index in [9.17, 15) is 0 Å². The summed E-state index contributed by atoms with van der Waals surface area (Å²) in [7, 11) is 1.91. The topological polar surface area (TPSA) is 24.9 Å². The van der Waals surface area contributed by atoms with Crippen molar-refractivity contribution < 1.29 is 0 Å². The van der Waals surface area contributed by atoms with Gasteiger partial charge in [-0.15, -0.1) is 11.3 Å². The highest BCUT2D eigenvalue weighted by Gasteiger charge is 2.06. The van der Waals surface area contributed by atoms with E-state index in [1.807, 2.05) is 13.2 Å². The number of rotatable bonds is 4. The number of nitrogens with one attached hydrogen (secondary N) is 1. The molecule has 0 fully saturated rings. The van der Waals surface area contributed by atoms with Crippen LogP contribution in [0, 0.1) is 20.8 Å². The van der Waals surface area contributed by atoms with Crippen molar-refractivity contribution in [1.29, 1.82) is 0 Å². The molecule has 1 heterocycles. The Morgan fingerprint density at radius 1 is 1.11 bits per heavy atom. The number of nitrogens with zero attached hydrogens (tertiary/aromatic N) is 1. The van der Waals surface area contributed by atoms with Crippen molar-refractivity contribution in [3.8, 4) is 0 Å². The molecule has 0 aliphatic heterocycles. The molecule has 96 valence electrons. The highest BCUT2D eigenvalue weighted by atomic mass is 32.1. The summed E-state index contributed by atoms with van der Waals surface area (Å²) in [5, 5.41) is 4.09. The molecular formula is C15H20N2S. The Hall–Kier alpha value is -1.35. The Bertz CT molecular complexity index is 520. The SMILES string of the molecule is CNc1ncc(CCc2c(C)cc(C)cc2C)s1. The zero-order chi connectivity index (χ0) is 13.1. The molecule has 1 aromatic heterocycles. The summed E-state index contributed by atoms with van der Waals surface area (Å²) in [6.45, 7) is 6.58. The fourth-order valence-corrected chi connectivity index (χ4v) is 3.16. The summed E-state index contributed by atoms with van der Waals surface area (Å²) in [6.07, 6.45) is 4.16. The number of aromatic nitrogens is 1. The lowest BCUT2D eigenvalue weighted by Crippen LogP contribution is -1.97. The average molecular weight is 260 g/mol. The Morgan fingerprint density at radius 3 is 2.33 bits per heavy atom. The zero-order valence-electron chi connectivity index (χ0n) is 11.5. The van der Waals surface area contributed by atoms with Crippen LogP contribution in [0.1, 0.15) is 27.1 Å². The van der Waals surface area contributed by atoms with E-state index < -0.39 is 0 Å². The smallest absolute Gasteiger partial charge is 0.182 e. The first kappa shape index (κ1) is 13.1. The van der Waals surface area contributed by atoms with Gasteiger partial charge in [-0.1, -0.05) is 17.7 Å². The average Bonchev–Trinajstić information content (AvgIpc) is 2.75. The van der Waals surface area contributed by atoms with Gasteiger partial charge in [0.15, 0.2) is 5.13 Å². The normalized spacial score (nSPS) is 10.7. The maximum Gasteiger partial charge on any atom is 0.182 e. The molecule has 0 amide bonds. The van der Waals surface area contributed by atoms with Gasteiger partial charge in [0.1, 0.15) is 0 Å². The van der Waals surface area contributed by atoms with Crippen LogP contribution in [-0.4, -0.2) is 12.0 Å². The number of hydrogen-bond acceptors (Lipinski definition) is 3. The Morgan fingerprint density at radius 2 is 1.78 bits per heavy atom. The number of thiazole rings is 1. The Labute approximate surface area is 113 Å². The molecule has 0 unspecified atom stereocenters. The lowest BCUT2D eigenvalue weighted by atomic mass is 9.96. The first-order chi connectivity index (χ1) is 8.60. The van der Waals surface area contributed by atoms with Gasteiger partial charge in [0.05, 0.1) is 0 Å². The van der Waals surface area contributed by atoms with Crippen LogP contribution in [0.25, 0.3) is 0 Å². The summed E-state index contributed by atoms with van der Waals surface area (Å²) in [5.41, 5.74) is 5.65. The minimum Gasteiger partial charge on any atom is -0.365 e. The predicted molar refractivity (Wildman–Crippen MR) is 79.7 cm³/mol. The van der Waals surface area contributed by atoms with Crippen LogP contribution in [0.3, 0.4) is 0 Å². The van der Waals surface area contributed by atoms with Crippen LogP contribution in [0.15, 0.2) is 18.3 Å². The molecule has 0 saturated heterocycles. The maximum absolute atomic E-state index is 4.31. The molecule has 0 saturated carbocycles. The van der Waals surface area contributed by atoms with Crippen molar-refractivity contribution in [3.05, 3.63) is 45.5 Å². The molecule has 0 radical (unpaired) electrons. The van der Waals surface area contributed by atoms with Crippen LogP contribution in [-0.2, 0) is 12.8 Å². The summed E-state index contributed by atoms with van der Waals surface area (Å²) in [6, 6.07) is 4.54. The molecule has 0 aliphatic carbocycles. The molecule has 1 aromatic carbocycles. The van der Waals surface area contributed by atoms with Crippen molar-refractivity contribution in [2.24, 2.45) is 0 Å². The molecular weight excluding hydrogens is 240 g/mol. The number of aryl methyl sites for hydroxylation is 4. The lowest BCUT2D eigenvalue weighted by Gasteiger charge is -2.10. The molecule has 0 spiro atoms. The molecule has 2 nitrogen and oxygen atoms in total. The van der Waals surface area contributed by atoms with Gasteiger partial charge in [-0.3, -0.25) is 0 Å².